The molecular weight excluding hydrogens is 448 g/mol. The van der Waals surface area contributed by atoms with Crippen LogP contribution in [0.15, 0.2) is 27.8 Å². The van der Waals surface area contributed by atoms with E-state index < -0.39 is 11.2 Å². The van der Waals surface area contributed by atoms with Gasteiger partial charge in [-0.25, -0.2) is 14.5 Å². The van der Waals surface area contributed by atoms with Crippen molar-refractivity contribution < 1.29 is 4.74 Å². The Balaban J connectivity index is 1.65. The van der Waals surface area contributed by atoms with E-state index in [0.717, 1.165) is 54.3 Å². The van der Waals surface area contributed by atoms with Crippen LogP contribution < -0.4 is 20.9 Å². The van der Waals surface area contributed by atoms with Gasteiger partial charge in [-0.05, 0) is 39.1 Å². The molecule has 11 heteroatoms. The predicted octanol–water partition coefficient (Wildman–Crippen LogP) is 0.777. The van der Waals surface area contributed by atoms with Crippen LogP contribution in [0, 0.1) is 0 Å². The van der Waals surface area contributed by atoms with E-state index in [9.17, 15) is 9.59 Å². The molecule has 1 aromatic rings. The Labute approximate surface area is 204 Å². The molecule has 0 aromatic heterocycles. The Morgan fingerprint density at radius 2 is 1.77 bits per heavy atom. The summed E-state index contributed by atoms with van der Waals surface area (Å²) in [7, 11) is 7.46. The minimum Gasteiger partial charge on any atom is -0.490 e. The second-order valence-electron chi connectivity index (χ2n) is 9.47. The van der Waals surface area contributed by atoms with Crippen LogP contribution in [0.2, 0.25) is 0 Å². The van der Waals surface area contributed by atoms with E-state index >= 15 is 0 Å². The van der Waals surface area contributed by atoms with Crippen LogP contribution >= 0.6 is 0 Å². The SMILES string of the molecule is CC(C)n1nc(-c2ccc(OCCN3CCN(C)CC3)c(N(C)C)c2)nc2c(=O)n(C)c(=O)nc1-2. The smallest absolute Gasteiger partial charge is 0.352 e. The minimum atomic E-state index is -0.624. The Morgan fingerprint density at radius 3 is 2.43 bits per heavy atom. The molecule has 3 heterocycles. The molecule has 3 aliphatic heterocycles. The molecule has 11 nitrogen and oxygen atoms in total. The molecule has 3 aliphatic rings. The van der Waals surface area contributed by atoms with Gasteiger partial charge in [-0.1, -0.05) is 0 Å². The number of likely N-dealkylation sites (N-methyl/N-ethyl adjacent to an activating group) is 1. The van der Waals surface area contributed by atoms with Crippen LogP contribution in [0.4, 0.5) is 5.69 Å². The molecule has 0 atom stereocenters. The molecule has 1 aromatic carbocycles. The first-order valence-electron chi connectivity index (χ1n) is 11.9. The molecule has 0 N–H and O–H groups in total. The van der Waals surface area contributed by atoms with Gasteiger partial charge in [0.05, 0.1) is 5.69 Å². The largest absolute Gasteiger partial charge is 0.490 e. The van der Waals surface area contributed by atoms with Crippen molar-refractivity contribution in [1.29, 1.82) is 0 Å². The maximum atomic E-state index is 12.8. The number of aromatic nitrogens is 5. The average Bonchev–Trinajstić information content (AvgIpc) is 2.83. The third-order valence-corrected chi connectivity index (χ3v) is 6.29. The van der Waals surface area contributed by atoms with Gasteiger partial charge < -0.3 is 14.5 Å². The van der Waals surface area contributed by atoms with Gasteiger partial charge in [-0.3, -0.25) is 14.3 Å². The standard InChI is InChI=1S/C24H34N8O3/c1-16(2)32-22-20(23(33)30(6)24(34)26-22)25-21(27-32)17-7-8-19(18(15-17)28(3)4)35-14-13-31-11-9-29(5)10-12-31/h7-8,15-16H,9-14H2,1-6H3. The molecule has 35 heavy (non-hydrogen) atoms. The third kappa shape index (κ3) is 5.20. The summed E-state index contributed by atoms with van der Waals surface area (Å²) in [5.41, 5.74) is 0.631. The highest BCUT2D eigenvalue weighted by Crippen LogP contribution is 2.32. The van der Waals surface area contributed by atoms with Gasteiger partial charge >= 0.3 is 5.69 Å². The van der Waals surface area contributed by atoms with Gasteiger partial charge in [0.1, 0.15) is 12.4 Å². The molecule has 0 amide bonds. The van der Waals surface area contributed by atoms with Crippen LogP contribution in [0.1, 0.15) is 19.9 Å². The average molecular weight is 483 g/mol. The number of rotatable bonds is 7. The molecule has 4 rings (SSSR count). The van der Waals surface area contributed by atoms with Crippen molar-refractivity contribution in [3.05, 3.63) is 39.0 Å². The number of hydrogen-bond acceptors (Lipinski definition) is 9. The molecule has 0 aliphatic carbocycles. The highest BCUT2D eigenvalue weighted by atomic mass is 16.5. The van der Waals surface area contributed by atoms with E-state index in [1.165, 1.54) is 7.05 Å². The first kappa shape index (κ1) is 24.8. The van der Waals surface area contributed by atoms with E-state index in [1.54, 1.807) is 4.68 Å². The Bertz CT molecular complexity index is 1270. The molecule has 1 fully saturated rings. The number of anilines is 1. The maximum Gasteiger partial charge on any atom is 0.352 e. The highest BCUT2D eigenvalue weighted by molar-refractivity contribution is 5.69. The number of hydrogen-bond donors (Lipinski definition) is 0. The lowest BCUT2D eigenvalue weighted by atomic mass is 10.1. The quantitative estimate of drug-likeness (QED) is 0.483. The molecular formula is C24H34N8O3. The lowest BCUT2D eigenvalue weighted by Gasteiger charge is -2.32. The number of fused-ring (bicyclic) bond motifs is 1. The summed E-state index contributed by atoms with van der Waals surface area (Å²) >= 11 is 0. The zero-order valence-corrected chi connectivity index (χ0v) is 21.4. The van der Waals surface area contributed by atoms with Gasteiger partial charge in [-0.2, -0.15) is 10.1 Å². The van der Waals surface area contributed by atoms with Crippen molar-refractivity contribution in [2.75, 3.05) is 65.4 Å². The molecule has 188 valence electrons. The summed E-state index contributed by atoms with van der Waals surface area (Å²) in [4.78, 5) is 40.2. The van der Waals surface area contributed by atoms with Crippen molar-refractivity contribution in [1.82, 2.24) is 34.1 Å². The monoisotopic (exact) mass is 482 g/mol. The lowest BCUT2D eigenvalue weighted by Crippen LogP contribution is -2.45. The van der Waals surface area contributed by atoms with Crippen molar-refractivity contribution in [2.45, 2.75) is 19.9 Å². The van der Waals surface area contributed by atoms with Gasteiger partial charge in [0.15, 0.2) is 17.3 Å². The fourth-order valence-corrected chi connectivity index (χ4v) is 4.06. The van der Waals surface area contributed by atoms with E-state index in [-0.39, 0.29) is 17.6 Å². The zero-order valence-electron chi connectivity index (χ0n) is 21.4. The van der Waals surface area contributed by atoms with E-state index in [4.69, 9.17) is 4.74 Å². The molecule has 0 radical (unpaired) electrons. The number of ether oxygens (including phenoxy) is 1. The van der Waals surface area contributed by atoms with Gasteiger partial charge in [0.25, 0.3) is 5.56 Å². The topological polar surface area (TPSA) is 102 Å². The number of benzene rings is 1. The highest BCUT2D eigenvalue weighted by Gasteiger charge is 2.23. The number of piperazine rings is 1. The second-order valence-corrected chi connectivity index (χ2v) is 9.47. The molecule has 0 spiro atoms. The van der Waals surface area contributed by atoms with Gasteiger partial charge in [-0.15, -0.1) is 0 Å². The molecule has 0 bridgehead atoms. The third-order valence-electron chi connectivity index (χ3n) is 6.29. The first-order valence-corrected chi connectivity index (χ1v) is 11.9. The summed E-state index contributed by atoms with van der Waals surface area (Å²) in [6.45, 7) is 9.58. The Morgan fingerprint density at radius 1 is 1.06 bits per heavy atom. The Hall–Kier alpha value is -3.31. The van der Waals surface area contributed by atoms with Crippen LogP contribution in [-0.4, -0.2) is 94.6 Å². The zero-order chi connectivity index (χ0) is 25.3. The molecule has 0 saturated carbocycles. The summed E-state index contributed by atoms with van der Waals surface area (Å²) in [5, 5.41) is 4.63. The van der Waals surface area contributed by atoms with Crippen LogP contribution in [0.25, 0.3) is 22.9 Å². The number of nitrogens with zero attached hydrogens (tertiary/aromatic N) is 8. The van der Waals surface area contributed by atoms with Gasteiger partial charge in [0.2, 0.25) is 0 Å². The molecule has 1 saturated heterocycles. The summed E-state index contributed by atoms with van der Waals surface area (Å²) in [6, 6.07) is 5.64. The fraction of sp³-hybridized carbons (Fsp3) is 0.542. The predicted molar refractivity (Wildman–Crippen MR) is 136 cm³/mol. The second kappa shape index (κ2) is 10.1. The summed E-state index contributed by atoms with van der Waals surface area (Å²) < 4.78 is 8.70. The summed E-state index contributed by atoms with van der Waals surface area (Å²) in [5.74, 6) is 1.35. The van der Waals surface area contributed by atoms with E-state index in [1.807, 2.05) is 51.0 Å². The van der Waals surface area contributed by atoms with Gasteiger partial charge in [0, 0.05) is 65.5 Å². The van der Waals surface area contributed by atoms with E-state index in [0.29, 0.717) is 12.4 Å². The fourth-order valence-electron chi connectivity index (χ4n) is 4.06. The van der Waals surface area contributed by atoms with Crippen molar-refractivity contribution in [3.8, 4) is 28.7 Å². The maximum absolute atomic E-state index is 12.8. The Kier molecular flexibility index (Phi) is 7.18. The van der Waals surface area contributed by atoms with E-state index in [2.05, 4.69) is 31.9 Å². The van der Waals surface area contributed by atoms with Crippen molar-refractivity contribution in [3.63, 3.8) is 0 Å². The first-order chi connectivity index (χ1) is 16.7. The van der Waals surface area contributed by atoms with Crippen LogP contribution in [0.3, 0.4) is 0 Å². The lowest BCUT2D eigenvalue weighted by molar-refractivity contribution is 0.134. The summed E-state index contributed by atoms with van der Waals surface area (Å²) in [6.07, 6.45) is 0. The molecule has 0 unspecified atom stereocenters. The minimum absolute atomic E-state index is 0.115. The normalized spacial score (nSPS) is 15.2. The van der Waals surface area contributed by atoms with Crippen LogP contribution in [0.5, 0.6) is 5.75 Å². The van der Waals surface area contributed by atoms with Crippen molar-refractivity contribution >= 4 is 5.69 Å². The van der Waals surface area contributed by atoms with Crippen LogP contribution in [-0.2, 0) is 7.05 Å². The van der Waals surface area contributed by atoms with Crippen molar-refractivity contribution in [2.24, 2.45) is 7.05 Å².